The third-order valence-electron chi connectivity index (χ3n) is 4.49. The van der Waals surface area contributed by atoms with Crippen LogP contribution in [0.5, 0.6) is 0 Å². The molecule has 0 aliphatic carbocycles. The fourth-order valence-corrected chi connectivity index (χ4v) is 3.27. The quantitative estimate of drug-likeness (QED) is 0.796. The Morgan fingerprint density at radius 3 is 2.95 bits per heavy atom. The molecule has 2 aliphatic heterocycles. The zero-order valence-electron chi connectivity index (χ0n) is 12.8. The number of aromatic amines is 1. The third kappa shape index (κ3) is 2.00. The number of amides is 1. The van der Waals surface area contributed by atoms with Crippen LogP contribution in [0.25, 0.3) is 11.0 Å². The lowest BCUT2D eigenvalue weighted by molar-refractivity contribution is -0.126. The monoisotopic (exact) mass is 301 g/mol. The van der Waals surface area contributed by atoms with Gasteiger partial charge in [0.05, 0.1) is 24.1 Å². The second-order valence-electron chi connectivity index (χ2n) is 6.22. The summed E-state index contributed by atoms with van der Waals surface area (Å²) in [7, 11) is 0. The largest absolute Gasteiger partial charge is 0.369 e. The molecule has 2 aliphatic rings. The van der Waals surface area contributed by atoms with Gasteiger partial charge in [-0.1, -0.05) is 0 Å². The van der Waals surface area contributed by atoms with Crippen LogP contribution in [0.15, 0.2) is 6.07 Å². The van der Waals surface area contributed by atoms with E-state index >= 15 is 0 Å². The highest BCUT2D eigenvalue weighted by molar-refractivity contribution is 6.06. The number of nitrogens with zero attached hydrogens (tertiary/aromatic N) is 3. The summed E-state index contributed by atoms with van der Waals surface area (Å²) in [4.78, 5) is 19.3. The standard InChI is InChI=1S/C15H19N5O2/c1-9-5-11(12-10(2)18-19-13(12)17-9)14(21)20-3-4-22-15(8-20)6-16-7-15/h5,16H,3-4,6-8H2,1-2H3,(H,17,18,19). The van der Waals surface area contributed by atoms with Gasteiger partial charge in [0.25, 0.3) is 5.91 Å². The number of nitrogens with one attached hydrogen (secondary N) is 2. The fraction of sp³-hybridized carbons (Fsp3) is 0.533. The number of hydrogen-bond donors (Lipinski definition) is 2. The second-order valence-corrected chi connectivity index (χ2v) is 6.22. The molecule has 2 aromatic heterocycles. The Morgan fingerprint density at radius 1 is 1.41 bits per heavy atom. The predicted molar refractivity (Wildman–Crippen MR) is 80.8 cm³/mol. The summed E-state index contributed by atoms with van der Waals surface area (Å²) >= 11 is 0. The molecule has 0 saturated carbocycles. The molecular formula is C15H19N5O2. The zero-order chi connectivity index (χ0) is 15.3. The van der Waals surface area contributed by atoms with Crippen LogP contribution in [-0.4, -0.2) is 64.4 Å². The Kier molecular flexibility index (Phi) is 2.95. The first-order valence-electron chi connectivity index (χ1n) is 7.54. The highest BCUT2D eigenvalue weighted by Gasteiger charge is 2.43. The number of H-pyrrole nitrogens is 1. The molecule has 0 aromatic carbocycles. The van der Waals surface area contributed by atoms with Crippen molar-refractivity contribution in [3.05, 3.63) is 23.0 Å². The molecule has 1 spiro atoms. The van der Waals surface area contributed by atoms with Crippen molar-refractivity contribution in [2.24, 2.45) is 0 Å². The molecule has 116 valence electrons. The smallest absolute Gasteiger partial charge is 0.254 e. The number of pyridine rings is 1. The number of rotatable bonds is 1. The predicted octanol–water partition coefficient (Wildman–Crippen LogP) is 0.389. The van der Waals surface area contributed by atoms with Crippen molar-refractivity contribution in [1.29, 1.82) is 0 Å². The summed E-state index contributed by atoms with van der Waals surface area (Å²) < 4.78 is 5.85. The Hall–Kier alpha value is -1.99. The summed E-state index contributed by atoms with van der Waals surface area (Å²) in [6.07, 6.45) is 0. The lowest BCUT2D eigenvalue weighted by Crippen LogP contribution is -2.69. The van der Waals surface area contributed by atoms with Gasteiger partial charge in [-0.15, -0.1) is 0 Å². The van der Waals surface area contributed by atoms with E-state index in [9.17, 15) is 4.79 Å². The molecule has 1 amide bonds. The SMILES string of the molecule is Cc1cc(C(=O)N2CCOC3(CNC3)C2)c2c(C)[nH]nc2n1. The summed E-state index contributed by atoms with van der Waals surface area (Å²) in [6.45, 7) is 7.28. The Labute approximate surface area is 128 Å². The third-order valence-corrected chi connectivity index (χ3v) is 4.49. The molecule has 2 saturated heterocycles. The van der Waals surface area contributed by atoms with Gasteiger partial charge in [-0.3, -0.25) is 9.89 Å². The first-order chi connectivity index (χ1) is 10.6. The van der Waals surface area contributed by atoms with Gasteiger partial charge >= 0.3 is 0 Å². The summed E-state index contributed by atoms with van der Waals surface area (Å²) in [5, 5.41) is 11.2. The van der Waals surface area contributed by atoms with Gasteiger partial charge in [-0.25, -0.2) is 4.98 Å². The van der Waals surface area contributed by atoms with Crippen molar-refractivity contribution in [2.45, 2.75) is 19.4 Å². The van der Waals surface area contributed by atoms with Crippen LogP contribution < -0.4 is 5.32 Å². The Morgan fingerprint density at radius 2 is 2.23 bits per heavy atom. The van der Waals surface area contributed by atoms with E-state index in [0.717, 1.165) is 29.9 Å². The molecule has 7 heteroatoms. The first kappa shape index (κ1) is 13.7. The molecule has 2 N–H and O–H groups in total. The Balaban J connectivity index is 1.72. The maximum absolute atomic E-state index is 13.0. The van der Waals surface area contributed by atoms with E-state index in [4.69, 9.17) is 4.74 Å². The van der Waals surface area contributed by atoms with Crippen molar-refractivity contribution < 1.29 is 9.53 Å². The van der Waals surface area contributed by atoms with Gasteiger partial charge in [0, 0.05) is 31.0 Å². The van der Waals surface area contributed by atoms with Crippen LogP contribution in [0.2, 0.25) is 0 Å². The summed E-state index contributed by atoms with van der Waals surface area (Å²) in [6, 6.07) is 1.86. The maximum Gasteiger partial charge on any atom is 0.254 e. The van der Waals surface area contributed by atoms with Crippen molar-refractivity contribution in [3.63, 3.8) is 0 Å². The van der Waals surface area contributed by atoms with E-state index < -0.39 is 0 Å². The normalized spacial score (nSPS) is 20.4. The molecule has 4 rings (SSSR count). The number of carbonyl (C=O) groups is 1. The van der Waals surface area contributed by atoms with E-state index in [2.05, 4.69) is 20.5 Å². The fourth-order valence-electron chi connectivity index (χ4n) is 3.27. The first-order valence-corrected chi connectivity index (χ1v) is 7.54. The van der Waals surface area contributed by atoms with Gasteiger partial charge in [0.1, 0.15) is 5.60 Å². The van der Waals surface area contributed by atoms with Crippen molar-refractivity contribution >= 4 is 16.9 Å². The second kappa shape index (κ2) is 4.76. The lowest BCUT2D eigenvalue weighted by Gasteiger charge is -2.48. The van der Waals surface area contributed by atoms with E-state index in [1.54, 1.807) is 0 Å². The van der Waals surface area contributed by atoms with E-state index in [1.807, 2.05) is 24.8 Å². The zero-order valence-corrected chi connectivity index (χ0v) is 12.8. The topological polar surface area (TPSA) is 83.1 Å². The van der Waals surface area contributed by atoms with Crippen LogP contribution in [0, 0.1) is 13.8 Å². The molecule has 0 unspecified atom stereocenters. The van der Waals surface area contributed by atoms with Crippen LogP contribution in [0.1, 0.15) is 21.7 Å². The minimum Gasteiger partial charge on any atom is -0.369 e. The van der Waals surface area contributed by atoms with Gasteiger partial charge in [-0.2, -0.15) is 5.10 Å². The maximum atomic E-state index is 13.0. The Bertz CT molecular complexity index is 750. The number of carbonyl (C=O) groups excluding carboxylic acids is 1. The number of morpholine rings is 1. The van der Waals surface area contributed by atoms with Gasteiger partial charge in [0.2, 0.25) is 0 Å². The highest BCUT2D eigenvalue weighted by atomic mass is 16.5. The number of hydrogen-bond acceptors (Lipinski definition) is 5. The van der Waals surface area contributed by atoms with Crippen molar-refractivity contribution in [1.82, 2.24) is 25.4 Å². The summed E-state index contributed by atoms with van der Waals surface area (Å²) in [5.74, 6) is 0.0366. The van der Waals surface area contributed by atoms with Crippen molar-refractivity contribution in [2.75, 3.05) is 32.8 Å². The molecule has 7 nitrogen and oxygen atoms in total. The highest BCUT2D eigenvalue weighted by Crippen LogP contribution is 2.26. The minimum atomic E-state index is -0.194. The van der Waals surface area contributed by atoms with Crippen LogP contribution >= 0.6 is 0 Å². The van der Waals surface area contributed by atoms with Crippen LogP contribution in [0.3, 0.4) is 0 Å². The molecule has 2 fully saturated rings. The number of ether oxygens (including phenoxy) is 1. The van der Waals surface area contributed by atoms with Crippen LogP contribution in [-0.2, 0) is 4.74 Å². The lowest BCUT2D eigenvalue weighted by atomic mass is 9.94. The van der Waals surface area contributed by atoms with Crippen LogP contribution in [0.4, 0.5) is 0 Å². The number of aryl methyl sites for hydroxylation is 2. The molecule has 0 radical (unpaired) electrons. The number of fused-ring (bicyclic) bond motifs is 1. The van der Waals surface area contributed by atoms with Gasteiger partial charge < -0.3 is 15.0 Å². The van der Waals surface area contributed by atoms with E-state index in [-0.39, 0.29) is 11.5 Å². The number of aromatic nitrogens is 3. The van der Waals surface area contributed by atoms with E-state index in [0.29, 0.717) is 30.9 Å². The average molecular weight is 301 g/mol. The summed E-state index contributed by atoms with van der Waals surface area (Å²) in [5.41, 5.74) is 2.77. The molecule has 22 heavy (non-hydrogen) atoms. The van der Waals surface area contributed by atoms with Gasteiger partial charge in [-0.05, 0) is 19.9 Å². The molecule has 2 aromatic rings. The van der Waals surface area contributed by atoms with Crippen molar-refractivity contribution in [3.8, 4) is 0 Å². The molecular weight excluding hydrogens is 282 g/mol. The molecule has 0 bridgehead atoms. The molecule has 0 atom stereocenters. The van der Waals surface area contributed by atoms with E-state index in [1.165, 1.54) is 0 Å². The average Bonchev–Trinajstić information content (AvgIpc) is 2.85. The minimum absolute atomic E-state index is 0.0366. The molecule has 4 heterocycles. The van der Waals surface area contributed by atoms with Gasteiger partial charge in [0.15, 0.2) is 5.65 Å².